The molecule has 0 aliphatic carbocycles. The van der Waals surface area contributed by atoms with E-state index < -0.39 is 0 Å². The Morgan fingerprint density at radius 3 is 3.06 bits per heavy atom. The number of aryl methyl sites for hydroxylation is 1. The Morgan fingerprint density at radius 1 is 1.59 bits per heavy atom. The molecule has 0 radical (unpaired) electrons. The molecule has 0 saturated carbocycles. The third-order valence-corrected chi connectivity index (χ3v) is 2.00. The molecule has 2 rings (SSSR count). The number of rotatable bonds is 3. The lowest BCUT2D eigenvalue weighted by Crippen LogP contribution is -2.26. The molecular formula is C10H10N4O3. The van der Waals surface area contributed by atoms with Crippen LogP contribution >= 0.6 is 0 Å². The van der Waals surface area contributed by atoms with Crippen molar-refractivity contribution < 1.29 is 9.32 Å². The van der Waals surface area contributed by atoms with Crippen LogP contribution in [0.2, 0.25) is 0 Å². The first-order valence-electron chi connectivity index (χ1n) is 4.89. The molecule has 0 unspecified atom stereocenters. The van der Waals surface area contributed by atoms with Crippen molar-refractivity contribution in [2.75, 3.05) is 5.32 Å². The average Bonchev–Trinajstić information content (AvgIpc) is 2.67. The first kappa shape index (κ1) is 11.1. The van der Waals surface area contributed by atoms with Crippen molar-refractivity contribution in [2.24, 2.45) is 0 Å². The highest BCUT2D eigenvalue weighted by atomic mass is 16.5. The minimum absolute atomic E-state index is 0.119. The lowest BCUT2D eigenvalue weighted by atomic mass is 10.4. The lowest BCUT2D eigenvalue weighted by molar-refractivity contribution is -0.116. The van der Waals surface area contributed by atoms with Crippen molar-refractivity contribution in [1.29, 1.82) is 0 Å². The van der Waals surface area contributed by atoms with E-state index in [1.807, 2.05) is 0 Å². The zero-order chi connectivity index (χ0) is 12.3. The second-order valence-electron chi connectivity index (χ2n) is 3.43. The zero-order valence-electron chi connectivity index (χ0n) is 9.08. The first-order valence-corrected chi connectivity index (χ1v) is 4.89. The number of carbonyl (C=O) groups excluding carboxylic acids is 1. The highest BCUT2D eigenvalue weighted by molar-refractivity contribution is 5.89. The van der Waals surface area contributed by atoms with Gasteiger partial charge in [0.15, 0.2) is 0 Å². The molecule has 1 N–H and O–H groups in total. The van der Waals surface area contributed by atoms with E-state index in [9.17, 15) is 9.59 Å². The molecule has 2 aromatic heterocycles. The minimum atomic E-state index is -0.378. The fourth-order valence-corrected chi connectivity index (χ4v) is 1.25. The second kappa shape index (κ2) is 4.60. The maximum atomic E-state index is 11.6. The number of nitrogens with one attached hydrogen (secondary N) is 1. The third kappa shape index (κ3) is 2.77. The second-order valence-corrected chi connectivity index (χ2v) is 3.43. The number of carbonyl (C=O) groups is 1. The molecule has 0 aliphatic rings. The molecule has 7 heteroatoms. The van der Waals surface area contributed by atoms with E-state index in [0.717, 1.165) is 0 Å². The number of aromatic nitrogens is 3. The van der Waals surface area contributed by atoms with E-state index in [-0.39, 0.29) is 23.9 Å². The largest absolute Gasteiger partial charge is 0.338 e. The Balaban J connectivity index is 2.03. The summed E-state index contributed by atoms with van der Waals surface area (Å²) in [6, 6.07) is 2.87. The molecule has 17 heavy (non-hydrogen) atoms. The normalized spacial score (nSPS) is 10.2. The van der Waals surface area contributed by atoms with Crippen molar-refractivity contribution >= 4 is 11.8 Å². The molecule has 7 nitrogen and oxygen atoms in total. The monoisotopic (exact) mass is 234 g/mol. The van der Waals surface area contributed by atoms with Gasteiger partial charge in [-0.2, -0.15) is 0 Å². The maximum Gasteiger partial charge on any atom is 0.253 e. The molecule has 0 saturated heterocycles. The lowest BCUT2D eigenvalue weighted by Gasteiger charge is -2.03. The number of nitrogens with zero attached hydrogens (tertiary/aromatic N) is 3. The molecule has 0 aliphatic heterocycles. The maximum absolute atomic E-state index is 11.6. The van der Waals surface area contributed by atoms with Gasteiger partial charge in [-0.25, -0.2) is 4.98 Å². The molecular weight excluding hydrogens is 224 g/mol. The van der Waals surface area contributed by atoms with Gasteiger partial charge in [-0.15, -0.1) is 0 Å². The van der Waals surface area contributed by atoms with Crippen LogP contribution in [0.15, 0.2) is 34.0 Å². The summed E-state index contributed by atoms with van der Waals surface area (Å²) in [5.41, 5.74) is 0.378. The van der Waals surface area contributed by atoms with Gasteiger partial charge in [0, 0.05) is 18.3 Å². The van der Waals surface area contributed by atoms with Crippen LogP contribution < -0.4 is 10.9 Å². The first-order chi connectivity index (χ1) is 8.15. The smallest absolute Gasteiger partial charge is 0.253 e. The van der Waals surface area contributed by atoms with Crippen molar-refractivity contribution in [3.8, 4) is 0 Å². The van der Waals surface area contributed by atoms with Crippen LogP contribution in [0.25, 0.3) is 0 Å². The standard InChI is InChI=1S/C10H10N4O3/c1-7-4-9(17-13-7)12-8(15)5-14-6-11-3-2-10(14)16/h2-4,6H,5H2,1H3,(H,12,15). The number of anilines is 1. The van der Waals surface area contributed by atoms with Gasteiger partial charge in [-0.1, -0.05) is 5.16 Å². The van der Waals surface area contributed by atoms with Gasteiger partial charge >= 0.3 is 0 Å². The van der Waals surface area contributed by atoms with E-state index in [1.165, 1.54) is 23.2 Å². The van der Waals surface area contributed by atoms with Crippen molar-refractivity contribution in [1.82, 2.24) is 14.7 Å². The van der Waals surface area contributed by atoms with E-state index in [1.54, 1.807) is 13.0 Å². The Morgan fingerprint density at radius 2 is 2.41 bits per heavy atom. The van der Waals surface area contributed by atoms with Crippen LogP contribution in [0.4, 0.5) is 5.88 Å². The van der Waals surface area contributed by atoms with Crippen LogP contribution in [0.5, 0.6) is 0 Å². The summed E-state index contributed by atoms with van der Waals surface area (Å²) in [6.07, 6.45) is 2.67. The predicted octanol–water partition coefficient (Wildman–Crippen LogP) is 0.178. The Hall–Kier alpha value is -2.44. The molecule has 0 bridgehead atoms. The molecule has 0 aromatic carbocycles. The predicted molar refractivity (Wildman–Crippen MR) is 58.4 cm³/mol. The summed E-state index contributed by atoms with van der Waals surface area (Å²) < 4.78 is 6.01. The van der Waals surface area contributed by atoms with Crippen LogP contribution in [0.1, 0.15) is 5.69 Å². The van der Waals surface area contributed by atoms with E-state index in [2.05, 4.69) is 15.5 Å². The molecule has 2 aromatic rings. The van der Waals surface area contributed by atoms with Crippen LogP contribution in [0, 0.1) is 6.92 Å². The van der Waals surface area contributed by atoms with Gasteiger partial charge in [0.2, 0.25) is 11.8 Å². The van der Waals surface area contributed by atoms with Gasteiger partial charge in [0.05, 0.1) is 12.0 Å². The Kier molecular flexibility index (Phi) is 2.99. The zero-order valence-corrected chi connectivity index (χ0v) is 9.08. The average molecular weight is 234 g/mol. The van der Waals surface area contributed by atoms with E-state index >= 15 is 0 Å². The summed E-state index contributed by atoms with van der Waals surface area (Å²) in [5, 5.41) is 6.11. The fourth-order valence-electron chi connectivity index (χ4n) is 1.25. The van der Waals surface area contributed by atoms with Gasteiger partial charge in [0.25, 0.3) is 5.56 Å². The summed E-state index contributed by atoms with van der Waals surface area (Å²) in [4.78, 5) is 26.6. The number of hydrogen-bond donors (Lipinski definition) is 1. The summed E-state index contributed by atoms with van der Waals surface area (Å²) in [6.45, 7) is 1.62. The van der Waals surface area contributed by atoms with Crippen molar-refractivity contribution in [3.05, 3.63) is 40.7 Å². The molecule has 88 valence electrons. The fraction of sp³-hybridized carbons (Fsp3) is 0.200. The highest BCUT2D eigenvalue weighted by Gasteiger charge is 2.07. The molecule has 1 amide bonds. The number of hydrogen-bond acceptors (Lipinski definition) is 5. The van der Waals surface area contributed by atoms with Crippen molar-refractivity contribution in [3.63, 3.8) is 0 Å². The summed E-state index contributed by atoms with van der Waals surface area (Å²) in [5.74, 6) is -0.124. The van der Waals surface area contributed by atoms with Crippen LogP contribution in [0.3, 0.4) is 0 Å². The SMILES string of the molecule is Cc1cc(NC(=O)Cn2cnccc2=O)on1. The summed E-state index contributed by atoms with van der Waals surface area (Å²) in [7, 11) is 0. The highest BCUT2D eigenvalue weighted by Crippen LogP contribution is 2.07. The summed E-state index contributed by atoms with van der Waals surface area (Å²) >= 11 is 0. The molecule has 0 spiro atoms. The van der Waals surface area contributed by atoms with Crippen LogP contribution in [-0.4, -0.2) is 20.6 Å². The third-order valence-electron chi connectivity index (χ3n) is 2.00. The topological polar surface area (TPSA) is 90.0 Å². The molecule has 0 fully saturated rings. The minimum Gasteiger partial charge on any atom is -0.338 e. The van der Waals surface area contributed by atoms with Crippen molar-refractivity contribution in [2.45, 2.75) is 13.5 Å². The quantitative estimate of drug-likeness (QED) is 0.818. The Labute approximate surface area is 96.1 Å². The number of amides is 1. The van der Waals surface area contributed by atoms with Crippen LogP contribution in [-0.2, 0) is 11.3 Å². The van der Waals surface area contributed by atoms with Gasteiger partial charge < -0.3 is 4.52 Å². The van der Waals surface area contributed by atoms with Gasteiger partial charge in [0.1, 0.15) is 6.54 Å². The molecule has 0 atom stereocenters. The Bertz CT molecular complexity index is 587. The molecule has 2 heterocycles. The van der Waals surface area contributed by atoms with Gasteiger partial charge in [-0.3, -0.25) is 19.5 Å². The van der Waals surface area contributed by atoms with Gasteiger partial charge in [-0.05, 0) is 6.92 Å². The van der Waals surface area contributed by atoms with E-state index in [4.69, 9.17) is 4.52 Å². The van der Waals surface area contributed by atoms with E-state index in [0.29, 0.717) is 5.69 Å².